The van der Waals surface area contributed by atoms with Gasteiger partial charge in [-0.25, -0.2) is 4.79 Å². The Morgan fingerprint density at radius 2 is 2.15 bits per heavy atom. The van der Waals surface area contributed by atoms with Crippen LogP contribution in [-0.4, -0.2) is 16.9 Å². The summed E-state index contributed by atoms with van der Waals surface area (Å²) in [5, 5.41) is 8.68. The van der Waals surface area contributed by atoms with Crippen molar-refractivity contribution in [2.24, 2.45) is 0 Å². The summed E-state index contributed by atoms with van der Waals surface area (Å²) in [6, 6.07) is 4.61. The lowest BCUT2D eigenvalue weighted by Crippen LogP contribution is -1.99. The molecule has 1 N–H and O–H groups in total. The molecule has 1 aliphatic rings. The highest BCUT2D eigenvalue weighted by molar-refractivity contribution is 6.04. The van der Waals surface area contributed by atoms with Crippen molar-refractivity contribution in [2.45, 2.75) is 6.42 Å². The molecule has 13 heavy (non-hydrogen) atoms. The van der Waals surface area contributed by atoms with Gasteiger partial charge < -0.3 is 5.11 Å². The second kappa shape index (κ2) is 2.69. The van der Waals surface area contributed by atoms with Crippen LogP contribution in [0.25, 0.3) is 0 Å². The molecule has 3 nitrogen and oxygen atoms in total. The molecule has 3 heteroatoms. The minimum absolute atomic E-state index is 0.00176. The fourth-order valence-electron chi connectivity index (χ4n) is 1.42. The molecule has 0 saturated heterocycles. The van der Waals surface area contributed by atoms with E-state index in [1.807, 2.05) is 6.42 Å². The number of Topliss-reactive ketones (excluding diaryl/α,β-unsaturated/α-hetero) is 1. The fourth-order valence-corrected chi connectivity index (χ4v) is 1.42. The number of benzene rings is 1. The number of carbonyl (C=O) groups excluding carboxylic acids is 1. The summed E-state index contributed by atoms with van der Waals surface area (Å²) < 4.78 is 0. The van der Waals surface area contributed by atoms with Gasteiger partial charge in [-0.1, -0.05) is 6.07 Å². The lowest BCUT2D eigenvalue weighted by atomic mass is 10.1. The molecule has 0 heterocycles. The van der Waals surface area contributed by atoms with Gasteiger partial charge in [-0.05, 0) is 24.1 Å². The highest BCUT2D eigenvalue weighted by Gasteiger charge is 2.20. The van der Waals surface area contributed by atoms with Crippen molar-refractivity contribution in [3.05, 3.63) is 41.3 Å². The Kier molecular flexibility index (Phi) is 1.65. The predicted molar refractivity (Wildman–Crippen MR) is 45.8 cm³/mol. The number of rotatable bonds is 1. The summed E-state index contributed by atoms with van der Waals surface area (Å²) in [4.78, 5) is 21.8. The van der Waals surface area contributed by atoms with Gasteiger partial charge in [-0.3, -0.25) is 4.79 Å². The van der Waals surface area contributed by atoms with Gasteiger partial charge in [0.15, 0.2) is 5.78 Å². The largest absolute Gasteiger partial charge is 0.478 e. The maximum atomic E-state index is 11.2. The summed E-state index contributed by atoms with van der Waals surface area (Å²) in [5.41, 5.74) is 1.54. The Labute approximate surface area is 75.0 Å². The smallest absolute Gasteiger partial charge is 0.335 e. The maximum Gasteiger partial charge on any atom is 0.335 e. The molecule has 0 aliphatic heterocycles. The Bertz CT molecular complexity index is 393. The van der Waals surface area contributed by atoms with Gasteiger partial charge in [-0.15, -0.1) is 0 Å². The molecular weight excluding hydrogens is 168 g/mol. The van der Waals surface area contributed by atoms with Crippen LogP contribution in [-0.2, 0) is 0 Å². The zero-order valence-electron chi connectivity index (χ0n) is 6.78. The van der Waals surface area contributed by atoms with Crippen LogP contribution in [0.5, 0.6) is 0 Å². The van der Waals surface area contributed by atoms with E-state index in [1.54, 1.807) is 6.07 Å². The SMILES string of the molecule is O=C(O)c1ccc2c(c1)C(=O)C[CH]2. The van der Waals surface area contributed by atoms with Crippen molar-refractivity contribution in [3.8, 4) is 0 Å². The van der Waals surface area contributed by atoms with Crippen LogP contribution in [0.3, 0.4) is 0 Å². The quantitative estimate of drug-likeness (QED) is 0.704. The van der Waals surface area contributed by atoms with E-state index in [1.165, 1.54) is 12.1 Å². The second-order valence-electron chi connectivity index (χ2n) is 2.94. The van der Waals surface area contributed by atoms with Gasteiger partial charge >= 0.3 is 5.97 Å². The number of hydrogen-bond donors (Lipinski definition) is 1. The average Bonchev–Trinajstić information content (AvgIpc) is 2.47. The van der Waals surface area contributed by atoms with Crippen molar-refractivity contribution in [1.82, 2.24) is 0 Å². The van der Waals surface area contributed by atoms with E-state index in [9.17, 15) is 9.59 Å². The lowest BCUT2D eigenvalue weighted by molar-refractivity contribution is 0.0697. The molecule has 1 aliphatic carbocycles. The minimum atomic E-state index is -0.998. The van der Waals surface area contributed by atoms with Crippen LogP contribution in [0.4, 0.5) is 0 Å². The van der Waals surface area contributed by atoms with Gasteiger partial charge in [0.2, 0.25) is 0 Å². The number of carboxylic acid groups (broad SMARTS) is 1. The molecule has 65 valence electrons. The Morgan fingerprint density at radius 1 is 1.38 bits per heavy atom. The summed E-state index contributed by atoms with van der Waals surface area (Å²) in [6.07, 6.45) is 2.20. The van der Waals surface area contributed by atoms with Gasteiger partial charge in [0, 0.05) is 12.0 Å². The van der Waals surface area contributed by atoms with E-state index < -0.39 is 5.97 Å². The number of carboxylic acids is 1. The second-order valence-corrected chi connectivity index (χ2v) is 2.94. The number of aromatic carboxylic acids is 1. The number of hydrogen-bond acceptors (Lipinski definition) is 2. The molecule has 0 atom stereocenters. The Balaban J connectivity index is 2.54. The molecule has 0 unspecified atom stereocenters. The van der Waals surface area contributed by atoms with Crippen LogP contribution in [0.15, 0.2) is 18.2 Å². The molecule has 1 radical (unpaired) electrons. The normalized spacial score (nSPS) is 14.3. The van der Waals surface area contributed by atoms with Crippen molar-refractivity contribution in [1.29, 1.82) is 0 Å². The van der Waals surface area contributed by atoms with E-state index in [0.29, 0.717) is 12.0 Å². The number of fused-ring (bicyclic) bond motifs is 1. The molecule has 0 amide bonds. The molecule has 1 aromatic carbocycles. The van der Waals surface area contributed by atoms with Crippen LogP contribution < -0.4 is 0 Å². The van der Waals surface area contributed by atoms with Crippen LogP contribution >= 0.6 is 0 Å². The van der Waals surface area contributed by atoms with Crippen LogP contribution in [0.2, 0.25) is 0 Å². The molecular formula is C10H7O3. The summed E-state index contributed by atoms with van der Waals surface area (Å²) in [6.45, 7) is 0. The Morgan fingerprint density at radius 3 is 2.85 bits per heavy atom. The molecule has 1 aromatic rings. The zero-order valence-corrected chi connectivity index (χ0v) is 6.78. The molecule has 0 fully saturated rings. The average molecular weight is 175 g/mol. The van der Waals surface area contributed by atoms with Gasteiger partial charge in [-0.2, -0.15) is 0 Å². The molecule has 0 bridgehead atoms. The first-order valence-electron chi connectivity index (χ1n) is 3.92. The Hall–Kier alpha value is -1.64. The highest BCUT2D eigenvalue weighted by atomic mass is 16.4. The molecule has 2 rings (SSSR count). The van der Waals surface area contributed by atoms with E-state index in [0.717, 1.165) is 5.56 Å². The van der Waals surface area contributed by atoms with Crippen molar-refractivity contribution >= 4 is 11.8 Å². The fraction of sp³-hybridized carbons (Fsp3) is 0.100. The number of carbonyl (C=O) groups is 2. The third kappa shape index (κ3) is 1.22. The summed E-state index contributed by atoms with van der Waals surface area (Å²) >= 11 is 0. The van der Waals surface area contributed by atoms with Crippen molar-refractivity contribution in [3.63, 3.8) is 0 Å². The van der Waals surface area contributed by atoms with Crippen molar-refractivity contribution in [2.75, 3.05) is 0 Å². The van der Waals surface area contributed by atoms with Gasteiger partial charge in [0.1, 0.15) is 0 Å². The number of ketones is 1. The zero-order chi connectivity index (χ0) is 9.42. The van der Waals surface area contributed by atoms with Gasteiger partial charge in [0.05, 0.1) is 5.56 Å². The standard InChI is InChI=1S/C10H7O3/c11-9-4-3-6-1-2-7(10(12)13)5-8(6)9/h1-3,5H,4H2,(H,12,13). The first-order valence-corrected chi connectivity index (χ1v) is 3.92. The summed E-state index contributed by atoms with van der Waals surface area (Å²) in [7, 11) is 0. The van der Waals surface area contributed by atoms with Crippen molar-refractivity contribution < 1.29 is 14.7 Å². The first-order chi connectivity index (χ1) is 6.18. The predicted octanol–water partition coefficient (Wildman–Crippen LogP) is 1.52. The highest BCUT2D eigenvalue weighted by Crippen LogP contribution is 2.24. The molecule has 0 spiro atoms. The molecule has 0 saturated carbocycles. The van der Waals surface area contributed by atoms with Crippen LogP contribution in [0.1, 0.15) is 32.7 Å². The van der Waals surface area contributed by atoms with E-state index in [4.69, 9.17) is 5.11 Å². The van der Waals surface area contributed by atoms with Crippen LogP contribution in [0, 0.1) is 6.42 Å². The maximum absolute atomic E-state index is 11.2. The summed E-state index contributed by atoms with van der Waals surface area (Å²) in [5.74, 6) is -0.999. The van der Waals surface area contributed by atoms with Gasteiger partial charge in [0.25, 0.3) is 0 Å². The van der Waals surface area contributed by atoms with E-state index >= 15 is 0 Å². The third-order valence-corrected chi connectivity index (χ3v) is 2.11. The topological polar surface area (TPSA) is 54.4 Å². The van der Waals surface area contributed by atoms with E-state index in [2.05, 4.69) is 0 Å². The molecule has 0 aromatic heterocycles. The lowest BCUT2D eigenvalue weighted by Gasteiger charge is -1.98. The monoisotopic (exact) mass is 175 g/mol. The minimum Gasteiger partial charge on any atom is -0.478 e. The van der Waals surface area contributed by atoms with E-state index in [-0.39, 0.29) is 11.3 Å². The third-order valence-electron chi connectivity index (χ3n) is 2.11. The first kappa shape index (κ1) is 7.98.